The summed E-state index contributed by atoms with van der Waals surface area (Å²) in [6.45, 7) is 3.44. The van der Waals surface area contributed by atoms with Gasteiger partial charge in [0.1, 0.15) is 6.04 Å². The average molecular weight is 281 g/mol. The highest BCUT2D eigenvalue weighted by Crippen LogP contribution is 2.01. The van der Waals surface area contributed by atoms with Crippen LogP contribution in [-0.2, 0) is 14.8 Å². The van der Waals surface area contributed by atoms with Crippen LogP contribution >= 0.6 is 0 Å². The number of sulfonamides is 1. The second-order valence-corrected chi connectivity index (χ2v) is 5.91. The first-order chi connectivity index (χ1) is 8.13. The summed E-state index contributed by atoms with van der Waals surface area (Å²) in [5, 5.41) is 18.3. The van der Waals surface area contributed by atoms with E-state index < -0.39 is 28.1 Å². The highest BCUT2D eigenvalue weighted by atomic mass is 32.2. The third-order valence-corrected chi connectivity index (χ3v) is 2.97. The van der Waals surface area contributed by atoms with E-state index >= 15 is 0 Å². The van der Waals surface area contributed by atoms with Crippen molar-refractivity contribution in [2.24, 2.45) is 11.1 Å². The van der Waals surface area contributed by atoms with Crippen molar-refractivity contribution in [3.8, 4) is 0 Å². The molecule has 0 unspecified atom stereocenters. The van der Waals surface area contributed by atoms with Crippen LogP contribution in [0.1, 0.15) is 20.3 Å². The number of primary sulfonamides is 1. The van der Waals surface area contributed by atoms with Crippen molar-refractivity contribution >= 4 is 22.0 Å². The minimum atomic E-state index is -3.54. The zero-order valence-corrected chi connectivity index (χ0v) is 11.2. The Hall–Kier alpha value is -1.35. The first-order valence-electron chi connectivity index (χ1n) is 5.41. The maximum absolute atomic E-state index is 11.3. The molecule has 0 aliphatic heterocycles. The normalized spacial score (nSPS) is 13.1. The Bertz CT molecular complexity index is 393. The highest BCUT2D eigenvalue weighted by molar-refractivity contribution is 7.89. The average Bonchev–Trinajstić information content (AvgIpc) is 2.18. The molecular weight excluding hydrogens is 262 g/mol. The number of rotatable bonds is 7. The number of hydrogen-bond acceptors (Lipinski definition) is 4. The molecule has 0 saturated heterocycles. The lowest BCUT2D eigenvalue weighted by Crippen LogP contribution is -2.48. The number of carboxylic acid groups (broad SMARTS) is 1. The van der Waals surface area contributed by atoms with Gasteiger partial charge in [-0.1, -0.05) is 13.8 Å². The molecule has 0 aromatic heterocycles. The number of nitrogens with one attached hydrogen (secondary N) is 2. The lowest BCUT2D eigenvalue weighted by Gasteiger charge is -2.18. The molecule has 0 heterocycles. The zero-order valence-electron chi connectivity index (χ0n) is 10.3. The molecule has 0 aliphatic carbocycles. The van der Waals surface area contributed by atoms with E-state index in [0.717, 1.165) is 0 Å². The zero-order chi connectivity index (χ0) is 14.3. The number of carbonyl (C=O) groups excluding carboxylic acids is 1. The summed E-state index contributed by atoms with van der Waals surface area (Å²) in [4.78, 5) is 22.1. The van der Waals surface area contributed by atoms with Crippen LogP contribution in [0, 0.1) is 5.92 Å². The summed E-state index contributed by atoms with van der Waals surface area (Å²) in [6.07, 6.45) is 0.172. The fourth-order valence-electron chi connectivity index (χ4n) is 1.18. The Kier molecular flexibility index (Phi) is 6.63. The maximum atomic E-state index is 11.3. The molecule has 0 spiro atoms. The van der Waals surface area contributed by atoms with Crippen LogP contribution in [-0.4, -0.2) is 43.9 Å². The van der Waals surface area contributed by atoms with Crippen molar-refractivity contribution in [3.05, 3.63) is 0 Å². The number of amides is 2. The number of carbonyl (C=O) groups is 2. The van der Waals surface area contributed by atoms with Gasteiger partial charge in [0.15, 0.2) is 0 Å². The van der Waals surface area contributed by atoms with Crippen LogP contribution in [0.2, 0.25) is 0 Å². The molecule has 0 bridgehead atoms. The monoisotopic (exact) mass is 281 g/mol. The molecule has 0 rings (SSSR count). The molecule has 0 saturated carbocycles. The van der Waals surface area contributed by atoms with Crippen LogP contribution in [0.25, 0.3) is 0 Å². The Balaban J connectivity index is 4.00. The van der Waals surface area contributed by atoms with Gasteiger partial charge in [0.05, 0.1) is 5.75 Å². The van der Waals surface area contributed by atoms with Gasteiger partial charge in [-0.2, -0.15) is 0 Å². The maximum Gasteiger partial charge on any atom is 0.326 e. The van der Waals surface area contributed by atoms with Crippen molar-refractivity contribution in [1.82, 2.24) is 10.6 Å². The predicted molar refractivity (Wildman–Crippen MR) is 65.4 cm³/mol. The minimum Gasteiger partial charge on any atom is -0.480 e. The van der Waals surface area contributed by atoms with Gasteiger partial charge in [-0.05, 0) is 12.3 Å². The molecular formula is C9H19N3O5S. The van der Waals surface area contributed by atoms with Crippen LogP contribution in [0.4, 0.5) is 4.79 Å². The van der Waals surface area contributed by atoms with E-state index in [4.69, 9.17) is 10.2 Å². The molecule has 0 aromatic rings. The third-order valence-electron chi connectivity index (χ3n) is 2.11. The molecule has 106 valence electrons. The van der Waals surface area contributed by atoms with Crippen molar-refractivity contribution in [2.45, 2.75) is 26.3 Å². The summed E-state index contributed by atoms with van der Waals surface area (Å²) in [5.74, 6) is -1.61. The van der Waals surface area contributed by atoms with Gasteiger partial charge in [0.25, 0.3) is 0 Å². The third kappa shape index (κ3) is 7.85. The summed E-state index contributed by atoms with van der Waals surface area (Å²) in [6, 6.07) is -1.63. The lowest BCUT2D eigenvalue weighted by molar-refractivity contribution is -0.140. The molecule has 1 atom stereocenters. The van der Waals surface area contributed by atoms with Gasteiger partial charge in [0, 0.05) is 6.54 Å². The molecule has 0 aromatic carbocycles. The predicted octanol–water partition coefficient (Wildman–Crippen LogP) is -0.927. The number of carboxylic acids is 1. The molecule has 2 amide bonds. The first kappa shape index (κ1) is 16.6. The first-order valence-corrected chi connectivity index (χ1v) is 7.12. The Morgan fingerprint density at radius 3 is 2.28 bits per heavy atom. The van der Waals surface area contributed by atoms with E-state index in [2.05, 4.69) is 10.6 Å². The summed E-state index contributed by atoms with van der Waals surface area (Å²) in [5.41, 5.74) is 0. The van der Waals surface area contributed by atoms with E-state index in [0.29, 0.717) is 0 Å². The van der Waals surface area contributed by atoms with Gasteiger partial charge in [-0.3, -0.25) is 0 Å². The smallest absolute Gasteiger partial charge is 0.326 e. The van der Waals surface area contributed by atoms with E-state index in [1.54, 1.807) is 13.8 Å². The second-order valence-electron chi connectivity index (χ2n) is 4.18. The molecule has 8 nitrogen and oxygen atoms in total. The summed E-state index contributed by atoms with van der Waals surface area (Å²) in [7, 11) is -3.54. The van der Waals surface area contributed by atoms with Gasteiger partial charge < -0.3 is 15.7 Å². The molecule has 18 heavy (non-hydrogen) atoms. The van der Waals surface area contributed by atoms with Gasteiger partial charge in [-0.15, -0.1) is 0 Å². The summed E-state index contributed by atoms with van der Waals surface area (Å²) < 4.78 is 21.2. The minimum absolute atomic E-state index is 0.104. The standard InChI is InChI=1S/C9H19N3O5S/c1-6(2)7(8(13)14)12-9(15)11-4-3-5-18(10,16)17/h6-7H,3-5H2,1-2H3,(H,13,14)(H2,10,16,17)(H2,11,12,15)/t7-/m0/s1. The largest absolute Gasteiger partial charge is 0.480 e. The second kappa shape index (κ2) is 7.17. The van der Waals surface area contributed by atoms with Crippen molar-refractivity contribution < 1.29 is 23.1 Å². The van der Waals surface area contributed by atoms with Crippen molar-refractivity contribution in [2.75, 3.05) is 12.3 Å². The number of hydrogen-bond donors (Lipinski definition) is 4. The van der Waals surface area contributed by atoms with Crippen LogP contribution < -0.4 is 15.8 Å². The van der Waals surface area contributed by atoms with Crippen molar-refractivity contribution in [1.29, 1.82) is 0 Å². The fourth-order valence-corrected chi connectivity index (χ4v) is 1.73. The van der Waals surface area contributed by atoms with E-state index in [9.17, 15) is 18.0 Å². The van der Waals surface area contributed by atoms with E-state index in [-0.39, 0.29) is 24.6 Å². The van der Waals surface area contributed by atoms with Crippen LogP contribution in [0.5, 0.6) is 0 Å². The SMILES string of the molecule is CC(C)[C@H](NC(=O)NCCCS(N)(=O)=O)C(=O)O. The lowest BCUT2D eigenvalue weighted by atomic mass is 10.1. The quantitative estimate of drug-likeness (QED) is 0.447. The molecule has 9 heteroatoms. The number of nitrogens with two attached hydrogens (primary N) is 1. The fraction of sp³-hybridized carbons (Fsp3) is 0.778. The Morgan fingerprint density at radius 1 is 1.33 bits per heavy atom. The number of aliphatic carboxylic acids is 1. The molecule has 0 aliphatic rings. The van der Waals surface area contributed by atoms with Gasteiger partial charge in [0.2, 0.25) is 10.0 Å². The van der Waals surface area contributed by atoms with Gasteiger partial charge >= 0.3 is 12.0 Å². The van der Waals surface area contributed by atoms with Crippen LogP contribution in [0.15, 0.2) is 0 Å². The molecule has 0 radical (unpaired) electrons. The van der Waals surface area contributed by atoms with E-state index in [1.807, 2.05) is 0 Å². The van der Waals surface area contributed by atoms with Gasteiger partial charge in [-0.25, -0.2) is 23.1 Å². The Labute approximate surface area is 106 Å². The topological polar surface area (TPSA) is 139 Å². The molecule has 0 fully saturated rings. The summed E-state index contributed by atoms with van der Waals surface area (Å²) >= 11 is 0. The van der Waals surface area contributed by atoms with Crippen molar-refractivity contribution in [3.63, 3.8) is 0 Å². The van der Waals surface area contributed by atoms with Crippen LogP contribution in [0.3, 0.4) is 0 Å². The number of urea groups is 1. The Morgan fingerprint density at radius 2 is 1.89 bits per heavy atom. The van der Waals surface area contributed by atoms with E-state index in [1.165, 1.54) is 0 Å². The molecule has 5 N–H and O–H groups in total. The highest BCUT2D eigenvalue weighted by Gasteiger charge is 2.23.